The molecule has 1 aromatic rings. The number of allylic oxidation sites excluding steroid dienone is 1. The molecule has 0 amide bonds. The van der Waals surface area contributed by atoms with Crippen LogP contribution in [0.15, 0.2) is 40.8 Å². The molecule has 3 rings (SSSR count). The fraction of sp³-hybridized carbons (Fsp3) is 0.429. The molecule has 0 saturated carbocycles. The van der Waals surface area contributed by atoms with E-state index in [0.717, 1.165) is 19.3 Å². The van der Waals surface area contributed by atoms with Gasteiger partial charge in [0.2, 0.25) is 0 Å². The van der Waals surface area contributed by atoms with Gasteiger partial charge < -0.3 is 5.11 Å². The van der Waals surface area contributed by atoms with Crippen LogP contribution in [0.5, 0.6) is 0 Å². The van der Waals surface area contributed by atoms with Crippen LogP contribution in [0.1, 0.15) is 24.8 Å². The molecule has 16 heavy (non-hydrogen) atoms. The third-order valence-corrected chi connectivity index (χ3v) is 4.71. The van der Waals surface area contributed by atoms with Gasteiger partial charge in [-0.25, -0.2) is 0 Å². The Morgan fingerprint density at radius 1 is 1.31 bits per heavy atom. The Labute approximate surface area is 101 Å². The van der Waals surface area contributed by atoms with Gasteiger partial charge in [-0.15, -0.1) is 11.8 Å². The van der Waals surface area contributed by atoms with Crippen molar-refractivity contribution in [1.82, 2.24) is 0 Å². The summed E-state index contributed by atoms with van der Waals surface area (Å²) in [6.45, 7) is 0. The number of hydrogen-bond acceptors (Lipinski definition) is 2. The molecule has 2 atom stereocenters. The zero-order valence-corrected chi connectivity index (χ0v) is 10.0. The second-order valence-electron chi connectivity index (χ2n) is 4.69. The molecule has 0 bridgehead atoms. The molecule has 1 aliphatic carbocycles. The maximum atomic E-state index is 9.46. The van der Waals surface area contributed by atoms with Crippen LogP contribution in [0, 0.1) is 0 Å². The second-order valence-corrected chi connectivity index (χ2v) is 6.03. The van der Waals surface area contributed by atoms with Crippen molar-refractivity contribution in [3.8, 4) is 0 Å². The third-order valence-electron chi connectivity index (χ3n) is 3.39. The standard InChI is InChI=1S/C14H16OS/c15-12-6-5-10(7-12)8-13-9-11-3-1-2-4-14(11)16-13/h1-4,7,12-13,15H,5-6,8-9H2. The van der Waals surface area contributed by atoms with Crippen LogP contribution in [0.2, 0.25) is 0 Å². The molecular formula is C14H16OS. The summed E-state index contributed by atoms with van der Waals surface area (Å²) in [4.78, 5) is 1.45. The number of aliphatic hydroxyl groups is 1. The Kier molecular flexibility index (Phi) is 2.78. The van der Waals surface area contributed by atoms with Gasteiger partial charge in [-0.05, 0) is 37.3 Å². The zero-order valence-electron chi connectivity index (χ0n) is 9.23. The first kappa shape index (κ1) is 10.4. The summed E-state index contributed by atoms with van der Waals surface area (Å²) in [6.07, 6.45) is 6.24. The second kappa shape index (κ2) is 4.27. The van der Waals surface area contributed by atoms with E-state index in [4.69, 9.17) is 0 Å². The van der Waals surface area contributed by atoms with Crippen LogP contribution in [-0.2, 0) is 6.42 Å². The molecule has 2 heteroatoms. The van der Waals surface area contributed by atoms with Gasteiger partial charge >= 0.3 is 0 Å². The van der Waals surface area contributed by atoms with E-state index in [1.54, 1.807) is 0 Å². The van der Waals surface area contributed by atoms with Gasteiger partial charge in [0.05, 0.1) is 6.10 Å². The SMILES string of the molecule is OC1C=C(CC2Cc3ccccc3S2)CC1. The van der Waals surface area contributed by atoms with Crippen molar-refractivity contribution in [2.75, 3.05) is 0 Å². The van der Waals surface area contributed by atoms with Gasteiger partial charge in [0, 0.05) is 10.1 Å². The topological polar surface area (TPSA) is 20.2 Å². The lowest BCUT2D eigenvalue weighted by Crippen LogP contribution is -2.01. The van der Waals surface area contributed by atoms with Gasteiger partial charge in [0.15, 0.2) is 0 Å². The largest absolute Gasteiger partial charge is 0.389 e. The Morgan fingerprint density at radius 3 is 2.94 bits per heavy atom. The van der Waals surface area contributed by atoms with Crippen molar-refractivity contribution in [2.45, 2.75) is 41.9 Å². The molecular weight excluding hydrogens is 216 g/mol. The van der Waals surface area contributed by atoms with Crippen LogP contribution < -0.4 is 0 Å². The quantitative estimate of drug-likeness (QED) is 0.790. The minimum atomic E-state index is -0.177. The van der Waals surface area contributed by atoms with E-state index in [-0.39, 0.29) is 6.10 Å². The summed E-state index contributed by atoms with van der Waals surface area (Å²) in [5.41, 5.74) is 2.95. The maximum absolute atomic E-state index is 9.46. The number of rotatable bonds is 2. The van der Waals surface area contributed by atoms with E-state index in [1.165, 1.54) is 22.5 Å². The molecule has 0 saturated heterocycles. The average Bonchev–Trinajstić information content (AvgIpc) is 2.84. The van der Waals surface area contributed by atoms with Crippen molar-refractivity contribution in [3.63, 3.8) is 0 Å². The Hall–Kier alpha value is -0.730. The summed E-state index contributed by atoms with van der Waals surface area (Å²) in [5, 5.41) is 10.2. The van der Waals surface area contributed by atoms with E-state index in [1.807, 2.05) is 11.8 Å². The van der Waals surface area contributed by atoms with E-state index >= 15 is 0 Å². The molecule has 1 heterocycles. The van der Waals surface area contributed by atoms with Crippen LogP contribution in [-0.4, -0.2) is 16.5 Å². The summed E-state index contributed by atoms with van der Waals surface area (Å²) in [5.74, 6) is 0. The molecule has 1 N–H and O–H groups in total. The van der Waals surface area contributed by atoms with E-state index in [2.05, 4.69) is 30.3 Å². The Balaban J connectivity index is 1.66. The van der Waals surface area contributed by atoms with Gasteiger partial charge in [-0.2, -0.15) is 0 Å². The minimum absolute atomic E-state index is 0.177. The number of hydrogen-bond donors (Lipinski definition) is 1. The van der Waals surface area contributed by atoms with Crippen molar-refractivity contribution in [1.29, 1.82) is 0 Å². The molecule has 0 aromatic heterocycles. The summed E-state index contributed by atoms with van der Waals surface area (Å²) in [7, 11) is 0. The Morgan fingerprint density at radius 2 is 2.19 bits per heavy atom. The first-order valence-corrected chi connectivity index (χ1v) is 6.81. The summed E-state index contributed by atoms with van der Waals surface area (Å²) < 4.78 is 0. The fourth-order valence-corrected chi connectivity index (χ4v) is 3.98. The number of benzene rings is 1. The van der Waals surface area contributed by atoms with Gasteiger partial charge in [0.25, 0.3) is 0 Å². The molecule has 2 unspecified atom stereocenters. The van der Waals surface area contributed by atoms with Crippen molar-refractivity contribution < 1.29 is 5.11 Å². The summed E-state index contributed by atoms with van der Waals surface area (Å²) >= 11 is 2.00. The number of aliphatic hydroxyl groups excluding tert-OH is 1. The van der Waals surface area contributed by atoms with E-state index in [9.17, 15) is 5.11 Å². The van der Waals surface area contributed by atoms with Gasteiger partial charge in [0.1, 0.15) is 0 Å². The molecule has 0 fully saturated rings. The van der Waals surface area contributed by atoms with E-state index in [0.29, 0.717) is 5.25 Å². The highest BCUT2D eigenvalue weighted by Gasteiger charge is 2.24. The minimum Gasteiger partial charge on any atom is -0.389 e. The van der Waals surface area contributed by atoms with Crippen LogP contribution in [0.25, 0.3) is 0 Å². The van der Waals surface area contributed by atoms with Crippen molar-refractivity contribution in [2.24, 2.45) is 0 Å². The molecule has 2 aliphatic rings. The van der Waals surface area contributed by atoms with Crippen LogP contribution in [0.3, 0.4) is 0 Å². The van der Waals surface area contributed by atoms with Gasteiger partial charge in [-0.1, -0.05) is 29.8 Å². The molecule has 0 radical (unpaired) electrons. The highest BCUT2D eigenvalue weighted by molar-refractivity contribution is 8.00. The molecule has 1 aromatic carbocycles. The molecule has 84 valence electrons. The monoisotopic (exact) mass is 232 g/mol. The predicted octanol–water partition coefficient (Wildman–Crippen LogP) is 3.17. The molecule has 0 spiro atoms. The smallest absolute Gasteiger partial charge is 0.0726 e. The third kappa shape index (κ3) is 2.04. The first-order chi connectivity index (χ1) is 7.81. The maximum Gasteiger partial charge on any atom is 0.0726 e. The zero-order chi connectivity index (χ0) is 11.0. The molecule has 1 nitrogen and oxygen atoms in total. The summed E-state index contributed by atoms with van der Waals surface area (Å²) in [6, 6.07) is 8.70. The molecule has 1 aliphatic heterocycles. The van der Waals surface area contributed by atoms with Crippen LogP contribution in [0.4, 0.5) is 0 Å². The lowest BCUT2D eigenvalue weighted by atomic mass is 10.0. The predicted molar refractivity (Wildman–Crippen MR) is 67.7 cm³/mol. The van der Waals surface area contributed by atoms with Crippen molar-refractivity contribution in [3.05, 3.63) is 41.5 Å². The Bertz CT molecular complexity index is 399. The van der Waals surface area contributed by atoms with Crippen LogP contribution >= 0.6 is 11.8 Å². The van der Waals surface area contributed by atoms with Gasteiger partial charge in [-0.3, -0.25) is 0 Å². The number of thioether (sulfide) groups is 1. The normalized spacial score (nSPS) is 27.9. The number of fused-ring (bicyclic) bond motifs is 1. The fourth-order valence-electron chi connectivity index (χ4n) is 2.60. The lowest BCUT2D eigenvalue weighted by Gasteiger charge is -2.08. The highest BCUT2D eigenvalue weighted by atomic mass is 32.2. The van der Waals surface area contributed by atoms with Crippen molar-refractivity contribution >= 4 is 11.8 Å². The highest BCUT2D eigenvalue weighted by Crippen LogP contribution is 2.40. The lowest BCUT2D eigenvalue weighted by molar-refractivity contribution is 0.223. The van der Waals surface area contributed by atoms with E-state index < -0.39 is 0 Å². The average molecular weight is 232 g/mol. The first-order valence-electron chi connectivity index (χ1n) is 5.93.